The Hall–Kier alpha value is -3.15. The molecule has 2 aromatic carbocycles. The van der Waals surface area contributed by atoms with Crippen LogP contribution in [0.4, 0.5) is 5.69 Å². The molecule has 0 aliphatic rings. The first-order valence-corrected chi connectivity index (χ1v) is 6.96. The summed E-state index contributed by atoms with van der Waals surface area (Å²) in [6.07, 6.45) is 1.59. The highest BCUT2D eigenvalue weighted by Gasteiger charge is 2.08. The first kappa shape index (κ1) is 14.8. The van der Waals surface area contributed by atoms with Crippen LogP contribution < -0.4 is 5.32 Å². The maximum atomic E-state index is 12.1. The molecule has 3 aromatic rings. The predicted octanol–water partition coefficient (Wildman–Crippen LogP) is 2.80. The summed E-state index contributed by atoms with van der Waals surface area (Å²) in [5, 5.41) is 2.78. The average molecular weight is 310 g/mol. The molecule has 0 saturated heterocycles. The molecule has 6 heteroatoms. The van der Waals surface area contributed by atoms with Gasteiger partial charge in [-0.15, -0.1) is 0 Å². The number of hydrogen-bond donors (Lipinski definition) is 1. The van der Waals surface area contributed by atoms with E-state index in [2.05, 4.69) is 15.0 Å². The average Bonchev–Trinajstić information content (AvgIpc) is 3.02. The lowest BCUT2D eigenvalue weighted by molar-refractivity contribution is -0.115. The van der Waals surface area contributed by atoms with E-state index in [0.717, 1.165) is 11.1 Å². The minimum absolute atomic E-state index is 0.158. The van der Waals surface area contributed by atoms with Crippen LogP contribution >= 0.6 is 0 Å². The van der Waals surface area contributed by atoms with Gasteiger partial charge in [0.2, 0.25) is 5.91 Å². The van der Waals surface area contributed by atoms with Crippen molar-refractivity contribution in [3.8, 4) is 0 Å². The largest absolute Gasteiger partial charge is 0.465 e. The van der Waals surface area contributed by atoms with Crippen LogP contribution in [0.2, 0.25) is 0 Å². The Morgan fingerprint density at radius 1 is 1.17 bits per heavy atom. The van der Waals surface area contributed by atoms with Crippen molar-refractivity contribution >= 4 is 28.7 Å². The van der Waals surface area contributed by atoms with Crippen LogP contribution in [0.15, 0.2) is 53.3 Å². The number of aromatic nitrogens is 1. The Morgan fingerprint density at radius 2 is 1.96 bits per heavy atom. The molecule has 0 fully saturated rings. The number of hydrogen-bond acceptors (Lipinski definition) is 5. The monoisotopic (exact) mass is 310 g/mol. The summed E-state index contributed by atoms with van der Waals surface area (Å²) in [6.45, 7) is 0. The van der Waals surface area contributed by atoms with Crippen molar-refractivity contribution in [2.24, 2.45) is 0 Å². The number of carbonyl (C=O) groups is 2. The quantitative estimate of drug-likeness (QED) is 0.749. The molecule has 0 radical (unpaired) electrons. The number of amides is 1. The van der Waals surface area contributed by atoms with Crippen molar-refractivity contribution in [1.82, 2.24) is 4.98 Å². The number of ether oxygens (including phenoxy) is 1. The molecule has 0 atom stereocenters. The third-order valence-corrected chi connectivity index (χ3v) is 3.35. The van der Waals surface area contributed by atoms with Gasteiger partial charge in [-0.05, 0) is 42.0 Å². The fourth-order valence-corrected chi connectivity index (χ4v) is 2.21. The number of benzene rings is 2. The van der Waals surface area contributed by atoms with Gasteiger partial charge in [-0.2, -0.15) is 0 Å². The molecule has 0 saturated carbocycles. The molecular weight excluding hydrogens is 296 g/mol. The van der Waals surface area contributed by atoms with Crippen molar-refractivity contribution in [3.63, 3.8) is 0 Å². The Balaban J connectivity index is 1.65. The fourth-order valence-electron chi connectivity index (χ4n) is 2.21. The predicted molar refractivity (Wildman–Crippen MR) is 84.1 cm³/mol. The standard InChI is InChI=1S/C17H14N2O4/c1-22-17(21)12-3-5-13(6-4-12)19-16(20)9-11-2-7-14-15(8-11)23-10-18-14/h2-8,10H,9H2,1H3,(H,19,20). The van der Waals surface area contributed by atoms with Crippen LogP contribution in [0.1, 0.15) is 15.9 Å². The van der Waals surface area contributed by atoms with Gasteiger partial charge >= 0.3 is 5.97 Å². The van der Waals surface area contributed by atoms with Crippen LogP contribution in [-0.4, -0.2) is 24.0 Å². The molecule has 3 rings (SSSR count). The second kappa shape index (κ2) is 6.31. The van der Waals surface area contributed by atoms with Gasteiger partial charge in [0.1, 0.15) is 5.52 Å². The summed E-state index contributed by atoms with van der Waals surface area (Å²) in [4.78, 5) is 27.5. The van der Waals surface area contributed by atoms with E-state index in [-0.39, 0.29) is 12.3 Å². The number of methoxy groups -OCH3 is 1. The van der Waals surface area contributed by atoms with Gasteiger partial charge in [-0.3, -0.25) is 4.79 Å². The molecule has 23 heavy (non-hydrogen) atoms. The highest BCUT2D eigenvalue weighted by atomic mass is 16.5. The first-order chi connectivity index (χ1) is 11.2. The minimum atomic E-state index is -0.414. The van der Waals surface area contributed by atoms with Gasteiger partial charge in [0.25, 0.3) is 0 Å². The maximum absolute atomic E-state index is 12.1. The molecule has 0 aliphatic carbocycles. The van der Waals surface area contributed by atoms with Crippen LogP contribution in [-0.2, 0) is 16.0 Å². The Labute approximate surface area is 132 Å². The number of nitrogens with zero attached hydrogens (tertiary/aromatic N) is 1. The van der Waals surface area contributed by atoms with Gasteiger partial charge in [-0.25, -0.2) is 9.78 Å². The van der Waals surface area contributed by atoms with Gasteiger partial charge < -0.3 is 14.5 Å². The fraction of sp³-hybridized carbons (Fsp3) is 0.118. The lowest BCUT2D eigenvalue weighted by Gasteiger charge is -2.06. The number of rotatable bonds is 4. The first-order valence-electron chi connectivity index (χ1n) is 6.96. The van der Waals surface area contributed by atoms with E-state index in [9.17, 15) is 9.59 Å². The second-order valence-electron chi connectivity index (χ2n) is 4.95. The normalized spacial score (nSPS) is 10.5. The molecular formula is C17H14N2O4. The maximum Gasteiger partial charge on any atom is 0.337 e. The minimum Gasteiger partial charge on any atom is -0.465 e. The Bertz CT molecular complexity index is 852. The highest BCUT2D eigenvalue weighted by molar-refractivity contribution is 5.94. The molecule has 1 N–H and O–H groups in total. The molecule has 0 bridgehead atoms. The summed E-state index contributed by atoms with van der Waals surface area (Å²) in [7, 11) is 1.32. The van der Waals surface area contributed by atoms with E-state index in [0.29, 0.717) is 16.8 Å². The van der Waals surface area contributed by atoms with E-state index < -0.39 is 5.97 Å². The zero-order valence-corrected chi connectivity index (χ0v) is 12.4. The number of oxazole rings is 1. The molecule has 1 heterocycles. The smallest absolute Gasteiger partial charge is 0.337 e. The van der Waals surface area contributed by atoms with Crippen molar-refractivity contribution in [2.75, 3.05) is 12.4 Å². The lowest BCUT2D eigenvalue weighted by Crippen LogP contribution is -2.14. The van der Waals surface area contributed by atoms with E-state index in [1.54, 1.807) is 30.3 Å². The number of anilines is 1. The van der Waals surface area contributed by atoms with Gasteiger partial charge in [-0.1, -0.05) is 6.07 Å². The zero-order valence-electron chi connectivity index (χ0n) is 12.4. The second-order valence-corrected chi connectivity index (χ2v) is 4.95. The Kier molecular flexibility index (Phi) is 4.05. The van der Waals surface area contributed by atoms with Gasteiger partial charge in [0.15, 0.2) is 12.0 Å². The Morgan fingerprint density at radius 3 is 2.70 bits per heavy atom. The summed E-state index contributed by atoms with van der Waals surface area (Å²) in [6, 6.07) is 12.0. The van der Waals surface area contributed by atoms with E-state index >= 15 is 0 Å². The molecule has 1 aromatic heterocycles. The van der Waals surface area contributed by atoms with E-state index in [1.807, 2.05) is 12.1 Å². The SMILES string of the molecule is COC(=O)c1ccc(NC(=O)Cc2ccc3ncoc3c2)cc1. The third-order valence-electron chi connectivity index (χ3n) is 3.35. The van der Waals surface area contributed by atoms with E-state index in [1.165, 1.54) is 13.5 Å². The van der Waals surface area contributed by atoms with Crippen LogP contribution in [0, 0.1) is 0 Å². The van der Waals surface area contributed by atoms with Crippen molar-refractivity contribution < 1.29 is 18.7 Å². The molecule has 0 unspecified atom stereocenters. The molecule has 0 aliphatic heterocycles. The van der Waals surface area contributed by atoms with Gasteiger partial charge in [0, 0.05) is 5.69 Å². The molecule has 1 amide bonds. The van der Waals surface area contributed by atoms with Crippen LogP contribution in [0.5, 0.6) is 0 Å². The summed E-state index contributed by atoms with van der Waals surface area (Å²) in [5.41, 5.74) is 3.29. The summed E-state index contributed by atoms with van der Waals surface area (Å²) in [5.74, 6) is -0.571. The lowest BCUT2D eigenvalue weighted by atomic mass is 10.1. The highest BCUT2D eigenvalue weighted by Crippen LogP contribution is 2.16. The number of esters is 1. The van der Waals surface area contributed by atoms with Crippen LogP contribution in [0.3, 0.4) is 0 Å². The topological polar surface area (TPSA) is 81.4 Å². The van der Waals surface area contributed by atoms with Crippen molar-refractivity contribution in [2.45, 2.75) is 6.42 Å². The van der Waals surface area contributed by atoms with Gasteiger partial charge in [0.05, 0.1) is 19.1 Å². The number of fused-ring (bicyclic) bond motifs is 1. The molecule has 0 spiro atoms. The van der Waals surface area contributed by atoms with Crippen molar-refractivity contribution in [3.05, 3.63) is 60.0 Å². The third kappa shape index (κ3) is 3.37. The summed E-state index contributed by atoms with van der Waals surface area (Å²) >= 11 is 0. The number of carbonyl (C=O) groups excluding carboxylic acids is 2. The van der Waals surface area contributed by atoms with E-state index in [4.69, 9.17) is 4.42 Å². The molecule has 6 nitrogen and oxygen atoms in total. The molecule has 116 valence electrons. The zero-order chi connectivity index (χ0) is 16.2. The van der Waals surface area contributed by atoms with Crippen molar-refractivity contribution in [1.29, 1.82) is 0 Å². The summed E-state index contributed by atoms with van der Waals surface area (Å²) < 4.78 is 9.84. The van der Waals surface area contributed by atoms with Crippen LogP contribution in [0.25, 0.3) is 11.1 Å². The number of nitrogens with one attached hydrogen (secondary N) is 1.